The zero-order chi connectivity index (χ0) is 17.3. The number of carbonyl (C=O) groups is 1. The molecule has 2 aromatic heterocycles. The zero-order valence-electron chi connectivity index (χ0n) is 14.5. The number of aromatic nitrogens is 2. The van der Waals surface area contributed by atoms with Gasteiger partial charge >= 0.3 is 0 Å². The minimum Gasteiger partial charge on any atom is -0.355 e. The van der Waals surface area contributed by atoms with E-state index in [4.69, 9.17) is 0 Å². The predicted octanol–water partition coefficient (Wildman–Crippen LogP) is 1.98. The van der Waals surface area contributed by atoms with E-state index in [1.54, 1.807) is 11.3 Å². The van der Waals surface area contributed by atoms with Gasteiger partial charge in [0.25, 0.3) is 5.56 Å². The van der Waals surface area contributed by atoms with Crippen LogP contribution < -0.4 is 16.2 Å². The summed E-state index contributed by atoms with van der Waals surface area (Å²) in [6.45, 7) is 8.52. The lowest BCUT2D eigenvalue weighted by molar-refractivity contribution is -0.120. The molecule has 1 amide bonds. The topological polar surface area (TPSA) is 86.9 Å². The molecular weight excluding hydrogens is 380 g/mol. The first kappa shape index (κ1) is 20.2. The number of aryl methyl sites for hydroxylation is 2. The van der Waals surface area contributed by atoms with E-state index < -0.39 is 0 Å². The van der Waals surface area contributed by atoms with Crippen LogP contribution in [0.2, 0.25) is 0 Å². The van der Waals surface area contributed by atoms with E-state index in [-0.39, 0.29) is 29.1 Å². The van der Waals surface area contributed by atoms with Crippen molar-refractivity contribution in [2.45, 2.75) is 31.8 Å². The highest BCUT2D eigenvalue weighted by atomic mass is 35.5. The number of thioether (sulfide) groups is 1. The summed E-state index contributed by atoms with van der Waals surface area (Å²) in [6, 6.07) is 0. The molecule has 3 N–H and O–H groups in total. The van der Waals surface area contributed by atoms with Crippen LogP contribution in [-0.4, -0.2) is 40.8 Å². The van der Waals surface area contributed by atoms with Crippen LogP contribution in [0.3, 0.4) is 0 Å². The number of amides is 1. The summed E-state index contributed by atoms with van der Waals surface area (Å²) in [6.07, 6.45) is 0. The van der Waals surface area contributed by atoms with Crippen molar-refractivity contribution in [2.75, 3.05) is 19.6 Å². The van der Waals surface area contributed by atoms with Gasteiger partial charge in [0.1, 0.15) is 10.7 Å². The predicted molar refractivity (Wildman–Crippen MR) is 107 cm³/mol. The van der Waals surface area contributed by atoms with Crippen LogP contribution in [0.4, 0.5) is 0 Å². The number of hydrogen-bond donors (Lipinski definition) is 3. The molecule has 1 aliphatic heterocycles. The van der Waals surface area contributed by atoms with Crippen molar-refractivity contribution in [3.05, 3.63) is 26.6 Å². The fraction of sp³-hybridized carbons (Fsp3) is 0.562. The van der Waals surface area contributed by atoms with E-state index in [1.165, 1.54) is 11.8 Å². The van der Waals surface area contributed by atoms with Gasteiger partial charge in [-0.2, -0.15) is 0 Å². The molecule has 0 saturated carbocycles. The molecule has 1 aliphatic rings. The normalized spacial score (nSPS) is 15.5. The minimum atomic E-state index is -0.175. The van der Waals surface area contributed by atoms with Gasteiger partial charge in [-0.1, -0.05) is 0 Å². The lowest BCUT2D eigenvalue weighted by atomic mass is 10.0. The molecule has 1 fully saturated rings. The molecule has 3 rings (SSSR count). The Hall–Kier alpha value is -1.09. The summed E-state index contributed by atoms with van der Waals surface area (Å²) in [7, 11) is 0. The maximum atomic E-state index is 12.2. The molecule has 25 heavy (non-hydrogen) atoms. The van der Waals surface area contributed by atoms with Gasteiger partial charge < -0.3 is 15.6 Å². The van der Waals surface area contributed by atoms with E-state index in [1.807, 2.05) is 20.8 Å². The number of thiophene rings is 1. The highest BCUT2D eigenvalue weighted by Crippen LogP contribution is 2.26. The third kappa shape index (κ3) is 4.55. The molecule has 2 aromatic rings. The Balaban J connectivity index is 0.00000225. The first-order valence-corrected chi connectivity index (χ1v) is 9.91. The Labute approximate surface area is 161 Å². The van der Waals surface area contributed by atoms with Crippen molar-refractivity contribution in [3.8, 4) is 0 Å². The monoisotopic (exact) mass is 402 g/mol. The fourth-order valence-corrected chi connectivity index (χ4v) is 4.36. The quantitative estimate of drug-likeness (QED) is 0.687. The smallest absolute Gasteiger partial charge is 0.259 e. The molecule has 9 heteroatoms. The standard InChI is InChI=1S/C16H22N4O2S2.ClH/c1-8-9(2)24-16-13(8)15(22)19-12(20-16)7-23-10(3)14(21)18-6-11-4-17-5-11;/h10-11,17H,4-7H2,1-3H3,(H,18,21)(H,19,20,22);1H. The summed E-state index contributed by atoms with van der Waals surface area (Å²) >= 11 is 3.03. The number of nitrogens with zero attached hydrogens (tertiary/aromatic N) is 1. The van der Waals surface area contributed by atoms with Gasteiger partial charge in [0.2, 0.25) is 5.91 Å². The van der Waals surface area contributed by atoms with Crippen LogP contribution in [0, 0.1) is 19.8 Å². The number of hydrogen-bond acceptors (Lipinski definition) is 6. The molecule has 6 nitrogen and oxygen atoms in total. The van der Waals surface area contributed by atoms with E-state index >= 15 is 0 Å². The lowest BCUT2D eigenvalue weighted by Crippen LogP contribution is -2.49. The molecule has 138 valence electrons. The van der Waals surface area contributed by atoms with Crippen LogP contribution in [0.1, 0.15) is 23.2 Å². The molecule has 1 atom stereocenters. The molecular formula is C16H23ClN4O2S2. The highest BCUT2D eigenvalue weighted by molar-refractivity contribution is 7.99. The van der Waals surface area contributed by atoms with E-state index in [0.29, 0.717) is 22.9 Å². The van der Waals surface area contributed by atoms with Crippen LogP contribution in [0.25, 0.3) is 10.2 Å². The minimum absolute atomic E-state index is 0. The van der Waals surface area contributed by atoms with Crippen LogP contribution in [-0.2, 0) is 10.5 Å². The fourth-order valence-electron chi connectivity index (χ4n) is 2.53. The number of rotatable bonds is 6. The third-order valence-corrected chi connectivity index (χ3v) is 6.61. The SMILES string of the molecule is Cc1sc2nc(CSC(C)C(=O)NCC3CNC3)[nH]c(=O)c2c1C.Cl. The molecule has 0 aromatic carbocycles. The Kier molecular flexibility index (Phi) is 6.90. The van der Waals surface area contributed by atoms with Crippen molar-refractivity contribution in [2.24, 2.45) is 5.92 Å². The number of aromatic amines is 1. The number of carbonyl (C=O) groups excluding carboxylic acids is 1. The summed E-state index contributed by atoms with van der Waals surface area (Å²) in [4.78, 5) is 33.6. The van der Waals surface area contributed by atoms with Gasteiger partial charge in [0.05, 0.1) is 16.4 Å². The summed E-state index contributed by atoms with van der Waals surface area (Å²) in [5.74, 6) is 1.73. The number of fused-ring (bicyclic) bond motifs is 1. The van der Waals surface area contributed by atoms with Crippen molar-refractivity contribution < 1.29 is 4.79 Å². The molecule has 0 radical (unpaired) electrons. The summed E-state index contributed by atoms with van der Waals surface area (Å²) in [5, 5.41) is 6.68. The van der Waals surface area contributed by atoms with Crippen molar-refractivity contribution in [1.29, 1.82) is 0 Å². The molecule has 1 saturated heterocycles. The second-order valence-corrected chi connectivity index (χ2v) is 8.73. The summed E-state index contributed by atoms with van der Waals surface area (Å²) < 4.78 is 0. The van der Waals surface area contributed by atoms with Gasteiger partial charge in [0.15, 0.2) is 0 Å². The Morgan fingerprint density at radius 1 is 1.44 bits per heavy atom. The number of H-pyrrole nitrogens is 1. The Morgan fingerprint density at radius 3 is 2.80 bits per heavy atom. The summed E-state index contributed by atoms with van der Waals surface area (Å²) in [5.41, 5.74) is 0.910. The third-order valence-electron chi connectivity index (χ3n) is 4.36. The Bertz CT molecular complexity index is 816. The molecule has 0 aliphatic carbocycles. The van der Waals surface area contributed by atoms with Crippen LogP contribution >= 0.6 is 35.5 Å². The molecule has 1 unspecified atom stereocenters. The first-order valence-electron chi connectivity index (χ1n) is 8.04. The van der Waals surface area contributed by atoms with Gasteiger partial charge in [-0.3, -0.25) is 9.59 Å². The van der Waals surface area contributed by atoms with Gasteiger partial charge in [-0.25, -0.2) is 4.98 Å². The second-order valence-electron chi connectivity index (χ2n) is 6.20. The van der Waals surface area contributed by atoms with E-state index in [9.17, 15) is 9.59 Å². The lowest BCUT2D eigenvalue weighted by Gasteiger charge is -2.27. The maximum absolute atomic E-state index is 12.2. The largest absolute Gasteiger partial charge is 0.355 e. The van der Waals surface area contributed by atoms with E-state index in [2.05, 4.69) is 20.6 Å². The average molecular weight is 403 g/mol. The van der Waals surface area contributed by atoms with Crippen LogP contribution in [0.5, 0.6) is 0 Å². The number of nitrogens with one attached hydrogen (secondary N) is 3. The highest BCUT2D eigenvalue weighted by Gasteiger charge is 2.20. The van der Waals surface area contributed by atoms with Crippen molar-refractivity contribution >= 4 is 51.6 Å². The average Bonchev–Trinajstić information content (AvgIpc) is 2.78. The number of halogens is 1. The van der Waals surface area contributed by atoms with Crippen LogP contribution in [0.15, 0.2) is 4.79 Å². The maximum Gasteiger partial charge on any atom is 0.259 e. The molecule has 0 bridgehead atoms. The molecule has 0 spiro atoms. The second kappa shape index (κ2) is 8.53. The molecule has 3 heterocycles. The Morgan fingerprint density at radius 2 is 2.16 bits per heavy atom. The van der Waals surface area contributed by atoms with Gasteiger partial charge in [-0.15, -0.1) is 35.5 Å². The zero-order valence-corrected chi connectivity index (χ0v) is 16.9. The van der Waals surface area contributed by atoms with Gasteiger partial charge in [0, 0.05) is 30.4 Å². The van der Waals surface area contributed by atoms with Crippen molar-refractivity contribution in [1.82, 2.24) is 20.6 Å². The van der Waals surface area contributed by atoms with E-state index in [0.717, 1.165) is 34.9 Å². The van der Waals surface area contributed by atoms with Crippen molar-refractivity contribution in [3.63, 3.8) is 0 Å². The van der Waals surface area contributed by atoms with Gasteiger partial charge in [-0.05, 0) is 26.3 Å². The first-order chi connectivity index (χ1) is 11.5.